The Morgan fingerprint density at radius 3 is 2.62 bits per heavy atom. The molecule has 72 valence electrons. The molecule has 0 saturated heterocycles. The van der Waals surface area contributed by atoms with Gasteiger partial charge in [0, 0.05) is 12.3 Å². The van der Waals surface area contributed by atoms with E-state index in [4.69, 9.17) is 11.6 Å². The van der Waals surface area contributed by atoms with Crippen LogP contribution in [0.4, 0.5) is 5.69 Å². The van der Waals surface area contributed by atoms with Crippen LogP contribution in [0, 0.1) is 13.8 Å². The van der Waals surface area contributed by atoms with Crippen molar-refractivity contribution in [2.45, 2.75) is 13.8 Å². The highest BCUT2D eigenvalue weighted by atomic mass is 35.5. The van der Waals surface area contributed by atoms with Gasteiger partial charge in [-0.2, -0.15) is 12.6 Å². The molecule has 0 radical (unpaired) electrons. The topological polar surface area (TPSA) is 12.0 Å². The molecule has 0 spiro atoms. The molecule has 0 atom stereocenters. The van der Waals surface area contributed by atoms with Gasteiger partial charge in [-0.1, -0.05) is 17.7 Å². The van der Waals surface area contributed by atoms with Crippen molar-refractivity contribution >= 4 is 29.9 Å². The van der Waals surface area contributed by atoms with Crippen molar-refractivity contribution in [3.05, 3.63) is 28.3 Å². The largest absolute Gasteiger partial charge is 0.383 e. The van der Waals surface area contributed by atoms with Gasteiger partial charge >= 0.3 is 0 Å². The second-order valence-electron chi connectivity index (χ2n) is 3.09. The second kappa shape index (κ2) is 4.77. The maximum Gasteiger partial charge on any atom is 0.0642 e. The summed E-state index contributed by atoms with van der Waals surface area (Å²) in [4.78, 5) is 0. The fourth-order valence-corrected chi connectivity index (χ4v) is 1.82. The highest BCUT2D eigenvalue weighted by Crippen LogP contribution is 2.26. The first-order chi connectivity index (χ1) is 6.15. The van der Waals surface area contributed by atoms with Crippen molar-refractivity contribution in [2.75, 3.05) is 17.6 Å². The summed E-state index contributed by atoms with van der Waals surface area (Å²) in [6.45, 7) is 4.94. The van der Waals surface area contributed by atoms with E-state index in [0.29, 0.717) is 0 Å². The van der Waals surface area contributed by atoms with E-state index in [1.165, 1.54) is 11.1 Å². The molecule has 1 rings (SSSR count). The molecule has 0 heterocycles. The van der Waals surface area contributed by atoms with Crippen molar-refractivity contribution in [3.63, 3.8) is 0 Å². The molecule has 1 N–H and O–H groups in total. The van der Waals surface area contributed by atoms with Gasteiger partial charge in [-0.25, -0.2) is 0 Å². The van der Waals surface area contributed by atoms with Crippen LogP contribution in [-0.2, 0) is 0 Å². The van der Waals surface area contributed by atoms with Crippen LogP contribution < -0.4 is 5.32 Å². The molecule has 0 aromatic heterocycles. The molecule has 0 fully saturated rings. The number of aryl methyl sites for hydroxylation is 2. The fourth-order valence-electron chi connectivity index (χ4n) is 1.32. The van der Waals surface area contributed by atoms with Gasteiger partial charge in [0.05, 0.1) is 10.7 Å². The minimum atomic E-state index is 0.791. The predicted molar refractivity (Wildman–Crippen MR) is 63.3 cm³/mol. The lowest BCUT2D eigenvalue weighted by Gasteiger charge is -2.11. The van der Waals surface area contributed by atoms with Crippen molar-refractivity contribution in [3.8, 4) is 0 Å². The van der Waals surface area contributed by atoms with Gasteiger partial charge in [0.15, 0.2) is 0 Å². The summed E-state index contributed by atoms with van der Waals surface area (Å²) in [6, 6.07) is 4.09. The third-order valence-corrected chi connectivity index (χ3v) is 2.37. The molecular formula is C10H14ClNS. The maximum atomic E-state index is 6.08. The van der Waals surface area contributed by atoms with E-state index < -0.39 is 0 Å². The molecular weight excluding hydrogens is 202 g/mol. The molecule has 0 aliphatic carbocycles. The predicted octanol–water partition coefficient (Wildman–Crippen LogP) is 3.30. The minimum Gasteiger partial charge on any atom is -0.383 e. The number of nitrogens with one attached hydrogen (secondary N) is 1. The van der Waals surface area contributed by atoms with E-state index in [2.05, 4.69) is 30.9 Å². The third kappa shape index (κ3) is 2.82. The first kappa shape index (κ1) is 10.7. The zero-order chi connectivity index (χ0) is 9.84. The summed E-state index contributed by atoms with van der Waals surface area (Å²) in [6.07, 6.45) is 0. The lowest BCUT2D eigenvalue weighted by molar-refractivity contribution is 1.21. The molecule has 0 aliphatic rings. The summed E-state index contributed by atoms with van der Waals surface area (Å²) in [5.41, 5.74) is 3.41. The minimum absolute atomic E-state index is 0.791. The van der Waals surface area contributed by atoms with Gasteiger partial charge in [0.25, 0.3) is 0 Å². The Morgan fingerprint density at radius 2 is 2.08 bits per heavy atom. The Balaban J connectivity index is 2.92. The van der Waals surface area contributed by atoms with Crippen LogP contribution in [0.15, 0.2) is 12.1 Å². The molecule has 0 unspecified atom stereocenters. The van der Waals surface area contributed by atoms with Gasteiger partial charge in [-0.15, -0.1) is 0 Å². The molecule has 1 nitrogen and oxygen atoms in total. The van der Waals surface area contributed by atoms with E-state index in [9.17, 15) is 0 Å². The number of halogens is 1. The third-order valence-electron chi connectivity index (χ3n) is 1.85. The second-order valence-corrected chi connectivity index (χ2v) is 3.94. The van der Waals surface area contributed by atoms with Crippen molar-refractivity contribution < 1.29 is 0 Å². The number of rotatable bonds is 3. The summed E-state index contributed by atoms with van der Waals surface area (Å²) in [5.74, 6) is 0.809. The number of anilines is 1. The molecule has 3 heteroatoms. The number of thiol groups is 1. The summed E-state index contributed by atoms with van der Waals surface area (Å²) in [5, 5.41) is 4.04. The highest BCUT2D eigenvalue weighted by molar-refractivity contribution is 7.80. The highest BCUT2D eigenvalue weighted by Gasteiger charge is 2.03. The zero-order valence-electron chi connectivity index (χ0n) is 7.89. The van der Waals surface area contributed by atoms with E-state index in [0.717, 1.165) is 23.0 Å². The van der Waals surface area contributed by atoms with Crippen molar-refractivity contribution in [1.82, 2.24) is 0 Å². The van der Waals surface area contributed by atoms with E-state index in [1.54, 1.807) is 0 Å². The standard InChI is InChI=1S/C10H14ClNS/c1-7-5-8(2)10(9(11)6-7)12-3-4-13/h5-6,12-13H,3-4H2,1-2H3. The normalized spacial score (nSPS) is 10.2. The van der Waals surface area contributed by atoms with Gasteiger partial charge in [-0.05, 0) is 31.0 Å². The maximum absolute atomic E-state index is 6.08. The van der Waals surface area contributed by atoms with Gasteiger partial charge in [0.2, 0.25) is 0 Å². The van der Waals surface area contributed by atoms with Crippen LogP contribution in [-0.4, -0.2) is 12.3 Å². The van der Waals surface area contributed by atoms with Gasteiger partial charge in [0.1, 0.15) is 0 Å². The lowest BCUT2D eigenvalue weighted by Crippen LogP contribution is -2.04. The fraction of sp³-hybridized carbons (Fsp3) is 0.400. The molecule has 13 heavy (non-hydrogen) atoms. The number of benzene rings is 1. The van der Waals surface area contributed by atoms with E-state index >= 15 is 0 Å². The number of hydrogen-bond donors (Lipinski definition) is 2. The van der Waals surface area contributed by atoms with Crippen molar-refractivity contribution in [2.24, 2.45) is 0 Å². The Bertz CT molecular complexity index is 276. The Labute approximate surface area is 89.9 Å². The molecule has 0 saturated carbocycles. The van der Waals surface area contributed by atoms with Crippen LogP contribution >= 0.6 is 24.2 Å². The summed E-state index contributed by atoms with van der Waals surface area (Å²) < 4.78 is 0. The Morgan fingerprint density at radius 1 is 1.38 bits per heavy atom. The van der Waals surface area contributed by atoms with Crippen molar-refractivity contribution in [1.29, 1.82) is 0 Å². The van der Waals surface area contributed by atoms with Gasteiger partial charge in [-0.3, -0.25) is 0 Å². The molecule has 1 aromatic rings. The molecule has 0 amide bonds. The van der Waals surface area contributed by atoms with Gasteiger partial charge < -0.3 is 5.32 Å². The smallest absolute Gasteiger partial charge is 0.0642 e. The van der Waals surface area contributed by atoms with Crippen LogP contribution in [0.5, 0.6) is 0 Å². The molecule has 0 aliphatic heterocycles. The summed E-state index contributed by atoms with van der Waals surface area (Å²) in [7, 11) is 0. The lowest BCUT2D eigenvalue weighted by atomic mass is 10.1. The first-order valence-electron chi connectivity index (χ1n) is 4.26. The quantitative estimate of drug-likeness (QED) is 0.738. The average molecular weight is 216 g/mol. The zero-order valence-corrected chi connectivity index (χ0v) is 9.54. The average Bonchev–Trinajstić information content (AvgIpc) is 2.02. The Hall–Kier alpha value is -0.340. The van der Waals surface area contributed by atoms with Crippen LogP contribution in [0.1, 0.15) is 11.1 Å². The Kier molecular flexibility index (Phi) is 3.94. The van der Waals surface area contributed by atoms with E-state index in [1.807, 2.05) is 13.0 Å². The first-order valence-corrected chi connectivity index (χ1v) is 5.27. The SMILES string of the molecule is Cc1cc(C)c(NCCS)c(Cl)c1. The molecule has 0 bridgehead atoms. The van der Waals surface area contributed by atoms with E-state index in [-0.39, 0.29) is 0 Å². The number of hydrogen-bond acceptors (Lipinski definition) is 2. The van der Waals surface area contributed by atoms with Crippen LogP contribution in [0.25, 0.3) is 0 Å². The summed E-state index contributed by atoms with van der Waals surface area (Å²) >= 11 is 10.2. The monoisotopic (exact) mass is 215 g/mol. The van der Waals surface area contributed by atoms with Crippen LogP contribution in [0.2, 0.25) is 5.02 Å². The molecule has 1 aromatic carbocycles. The van der Waals surface area contributed by atoms with Crippen LogP contribution in [0.3, 0.4) is 0 Å².